The largest absolute Gasteiger partial charge is 0.491 e. The molecule has 0 spiro atoms. The van der Waals surface area contributed by atoms with Gasteiger partial charge >= 0.3 is 6.61 Å². The van der Waals surface area contributed by atoms with Crippen molar-refractivity contribution in [3.63, 3.8) is 0 Å². The molecular formula is C25H21F2N5O3S. The van der Waals surface area contributed by atoms with E-state index in [0.29, 0.717) is 46.6 Å². The van der Waals surface area contributed by atoms with Crippen LogP contribution in [0.3, 0.4) is 0 Å². The number of aromatic nitrogens is 2. The number of halogens is 2. The fraction of sp³-hybridized carbons (Fsp3) is 0.280. The quantitative estimate of drug-likeness (QED) is 0.320. The standard InChI is InChI=1S/C25H21F2N5O3S/c26-25(27)35-9-8-34-19-5-3-17(4-6-19)22-20(10-28)23(32-13-18(33)14-32)31-24(21(22)11-29)36-15-16-2-1-7-30-12-16/h1-7,12,18,25,33H,8-9,13-15H2. The number of anilines is 1. The predicted octanol–water partition coefficient (Wildman–Crippen LogP) is 3.98. The number of hydrogen-bond acceptors (Lipinski definition) is 9. The highest BCUT2D eigenvalue weighted by atomic mass is 32.2. The Bertz CT molecular complexity index is 1270. The van der Waals surface area contributed by atoms with Gasteiger partial charge in [-0.1, -0.05) is 18.2 Å². The van der Waals surface area contributed by atoms with Gasteiger partial charge in [0.15, 0.2) is 0 Å². The molecule has 1 fully saturated rings. The zero-order valence-corrected chi connectivity index (χ0v) is 19.8. The fourth-order valence-corrected chi connectivity index (χ4v) is 4.58. The molecule has 2 aromatic heterocycles. The molecule has 0 bridgehead atoms. The summed E-state index contributed by atoms with van der Waals surface area (Å²) in [5.74, 6) is 1.37. The van der Waals surface area contributed by atoms with Crippen LogP contribution in [0.4, 0.5) is 14.6 Å². The number of benzene rings is 1. The topological polar surface area (TPSA) is 115 Å². The Morgan fingerprint density at radius 2 is 1.86 bits per heavy atom. The minimum atomic E-state index is -2.86. The van der Waals surface area contributed by atoms with Gasteiger partial charge in [-0.3, -0.25) is 4.98 Å². The van der Waals surface area contributed by atoms with Gasteiger partial charge in [-0.2, -0.15) is 19.3 Å². The smallest absolute Gasteiger partial charge is 0.345 e. The van der Waals surface area contributed by atoms with Crippen LogP contribution in [0.5, 0.6) is 5.75 Å². The summed E-state index contributed by atoms with van der Waals surface area (Å²) >= 11 is 1.37. The van der Waals surface area contributed by atoms with E-state index in [0.717, 1.165) is 5.56 Å². The normalized spacial score (nSPS) is 13.2. The van der Waals surface area contributed by atoms with Gasteiger partial charge in [0.2, 0.25) is 0 Å². The number of thioether (sulfide) groups is 1. The Morgan fingerprint density at radius 1 is 1.11 bits per heavy atom. The molecule has 1 saturated heterocycles. The van der Waals surface area contributed by atoms with Crippen LogP contribution in [0.15, 0.2) is 53.8 Å². The van der Waals surface area contributed by atoms with E-state index < -0.39 is 12.7 Å². The fourth-order valence-electron chi connectivity index (χ4n) is 3.66. The summed E-state index contributed by atoms with van der Waals surface area (Å²) in [6.45, 7) is -2.49. The molecule has 0 atom stereocenters. The van der Waals surface area contributed by atoms with Crippen LogP contribution in [-0.2, 0) is 10.5 Å². The predicted molar refractivity (Wildman–Crippen MR) is 129 cm³/mol. The molecule has 3 aromatic rings. The van der Waals surface area contributed by atoms with E-state index >= 15 is 0 Å². The van der Waals surface area contributed by atoms with Gasteiger partial charge in [0.05, 0.1) is 18.3 Å². The summed E-state index contributed by atoms with van der Waals surface area (Å²) in [5.41, 5.74) is 2.50. The van der Waals surface area contributed by atoms with Crippen molar-refractivity contribution in [3.8, 4) is 29.0 Å². The number of hydrogen-bond donors (Lipinski definition) is 1. The number of aliphatic hydroxyl groups excluding tert-OH is 1. The molecule has 11 heteroatoms. The Kier molecular flexibility index (Phi) is 8.28. The first-order valence-corrected chi connectivity index (χ1v) is 11.9. The number of aliphatic hydroxyl groups is 1. The Labute approximate surface area is 210 Å². The van der Waals surface area contributed by atoms with Crippen molar-refractivity contribution in [3.05, 3.63) is 65.5 Å². The lowest BCUT2D eigenvalue weighted by Gasteiger charge is -2.37. The van der Waals surface area contributed by atoms with Gasteiger partial charge in [-0.25, -0.2) is 4.98 Å². The van der Waals surface area contributed by atoms with E-state index in [1.807, 2.05) is 17.0 Å². The zero-order chi connectivity index (χ0) is 25.5. The van der Waals surface area contributed by atoms with Crippen molar-refractivity contribution in [1.82, 2.24) is 9.97 Å². The molecule has 0 saturated carbocycles. The van der Waals surface area contributed by atoms with Crippen LogP contribution in [0.25, 0.3) is 11.1 Å². The van der Waals surface area contributed by atoms with E-state index in [2.05, 4.69) is 26.8 Å². The zero-order valence-electron chi connectivity index (χ0n) is 19.0. The molecule has 1 aliphatic rings. The SMILES string of the molecule is N#Cc1c(SCc2cccnc2)nc(N2CC(O)C2)c(C#N)c1-c1ccc(OCCOC(F)F)cc1. The Balaban J connectivity index is 1.69. The monoisotopic (exact) mass is 509 g/mol. The average molecular weight is 510 g/mol. The number of alkyl halides is 2. The van der Waals surface area contributed by atoms with Crippen LogP contribution in [0.2, 0.25) is 0 Å². The van der Waals surface area contributed by atoms with Crippen molar-refractivity contribution >= 4 is 17.6 Å². The Hall–Kier alpha value is -3.77. The number of β-amino-alcohol motifs (C(OH)–C–C–N with tert-alkyl or cyclic N) is 1. The maximum Gasteiger partial charge on any atom is 0.345 e. The third-order valence-corrected chi connectivity index (χ3v) is 6.41. The van der Waals surface area contributed by atoms with Gasteiger partial charge < -0.3 is 19.5 Å². The highest BCUT2D eigenvalue weighted by molar-refractivity contribution is 7.98. The van der Waals surface area contributed by atoms with E-state index in [1.54, 1.807) is 36.7 Å². The van der Waals surface area contributed by atoms with Gasteiger partial charge in [-0.05, 0) is 29.3 Å². The summed E-state index contributed by atoms with van der Waals surface area (Å²) in [4.78, 5) is 10.6. The van der Waals surface area contributed by atoms with Crippen molar-refractivity contribution in [2.24, 2.45) is 0 Å². The number of ether oxygens (including phenoxy) is 2. The minimum Gasteiger partial charge on any atom is -0.491 e. The maximum atomic E-state index is 12.1. The van der Waals surface area contributed by atoms with Gasteiger partial charge in [0.25, 0.3) is 0 Å². The van der Waals surface area contributed by atoms with Crippen molar-refractivity contribution in [2.75, 3.05) is 31.2 Å². The summed E-state index contributed by atoms with van der Waals surface area (Å²) < 4.78 is 33.8. The first-order valence-electron chi connectivity index (χ1n) is 11.0. The molecule has 1 N–H and O–H groups in total. The van der Waals surface area contributed by atoms with Gasteiger partial charge in [-0.15, -0.1) is 11.8 Å². The molecule has 36 heavy (non-hydrogen) atoms. The molecule has 0 unspecified atom stereocenters. The van der Waals surface area contributed by atoms with Gasteiger partial charge in [0.1, 0.15) is 40.9 Å². The van der Waals surface area contributed by atoms with Gasteiger partial charge in [0, 0.05) is 36.8 Å². The average Bonchev–Trinajstić information content (AvgIpc) is 2.88. The maximum absolute atomic E-state index is 12.1. The number of pyridine rings is 2. The minimum absolute atomic E-state index is 0.0532. The van der Waals surface area contributed by atoms with Crippen LogP contribution >= 0.6 is 11.8 Å². The number of nitriles is 2. The van der Waals surface area contributed by atoms with Crippen LogP contribution in [0.1, 0.15) is 16.7 Å². The molecule has 184 valence electrons. The lowest BCUT2D eigenvalue weighted by molar-refractivity contribution is -0.133. The Morgan fingerprint density at radius 3 is 2.47 bits per heavy atom. The molecular weight excluding hydrogens is 488 g/mol. The van der Waals surface area contributed by atoms with Crippen LogP contribution < -0.4 is 9.64 Å². The lowest BCUT2D eigenvalue weighted by atomic mass is 9.95. The molecule has 0 aliphatic carbocycles. The molecule has 3 heterocycles. The third-order valence-electron chi connectivity index (χ3n) is 5.37. The van der Waals surface area contributed by atoms with E-state index in [-0.39, 0.29) is 24.3 Å². The molecule has 4 rings (SSSR count). The first kappa shape index (κ1) is 25.3. The van der Waals surface area contributed by atoms with Crippen LogP contribution in [0, 0.1) is 22.7 Å². The number of rotatable bonds is 10. The highest BCUT2D eigenvalue weighted by Gasteiger charge is 2.31. The molecule has 0 radical (unpaired) electrons. The molecule has 1 aliphatic heterocycles. The second-order valence-corrected chi connectivity index (χ2v) is 8.77. The molecule has 8 nitrogen and oxygen atoms in total. The van der Waals surface area contributed by atoms with E-state index in [4.69, 9.17) is 4.74 Å². The third kappa shape index (κ3) is 5.89. The van der Waals surface area contributed by atoms with Crippen LogP contribution in [-0.4, -0.2) is 54.1 Å². The molecule has 1 aromatic carbocycles. The molecule has 0 amide bonds. The summed E-state index contributed by atoms with van der Waals surface area (Å²) in [7, 11) is 0. The lowest BCUT2D eigenvalue weighted by Crippen LogP contribution is -2.51. The van der Waals surface area contributed by atoms with E-state index in [9.17, 15) is 24.4 Å². The van der Waals surface area contributed by atoms with Crippen molar-refractivity contribution < 1.29 is 23.4 Å². The first-order chi connectivity index (χ1) is 17.5. The van der Waals surface area contributed by atoms with Crippen molar-refractivity contribution in [1.29, 1.82) is 10.5 Å². The second-order valence-electron chi connectivity index (χ2n) is 7.80. The number of nitrogens with zero attached hydrogens (tertiary/aromatic N) is 5. The highest BCUT2D eigenvalue weighted by Crippen LogP contribution is 2.40. The van der Waals surface area contributed by atoms with E-state index in [1.165, 1.54) is 11.8 Å². The van der Waals surface area contributed by atoms with Crippen molar-refractivity contribution in [2.45, 2.75) is 23.5 Å². The second kappa shape index (κ2) is 11.8. The summed E-state index contributed by atoms with van der Waals surface area (Å²) in [6.07, 6.45) is 2.91. The summed E-state index contributed by atoms with van der Waals surface area (Å²) in [6, 6.07) is 14.8. The summed E-state index contributed by atoms with van der Waals surface area (Å²) in [5, 5.41) is 30.4.